The van der Waals surface area contributed by atoms with Crippen LogP contribution in [0.3, 0.4) is 0 Å². The van der Waals surface area contributed by atoms with E-state index in [9.17, 15) is 9.59 Å². The van der Waals surface area contributed by atoms with Crippen molar-refractivity contribution in [3.63, 3.8) is 0 Å². The maximum Gasteiger partial charge on any atom is 0.262 e. The molecule has 9 heteroatoms. The molecule has 198 valence electrons. The van der Waals surface area contributed by atoms with Gasteiger partial charge in [-0.25, -0.2) is 4.98 Å². The first kappa shape index (κ1) is 27.1. The summed E-state index contributed by atoms with van der Waals surface area (Å²) in [6.07, 6.45) is 0.546. The van der Waals surface area contributed by atoms with Gasteiger partial charge in [-0.05, 0) is 49.2 Å². The molecule has 0 aliphatic rings. The molecule has 4 rings (SSSR count). The SMILES string of the molecule is CC[C@@H](Sc1nc2cc(OC)c(OC)cc2c(=O)n1Cc1ccc(OC)cc1)C(=O)Nc1ccc(C)cc1. The highest BCUT2D eigenvalue weighted by Gasteiger charge is 2.23. The number of nitrogens with zero attached hydrogens (tertiary/aromatic N) is 2. The molecule has 0 aliphatic heterocycles. The predicted octanol–water partition coefficient (Wildman–Crippen LogP) is 5.29. The van der Waals surface area contributed by atoms with E-state index in [0.29, 0.717) is 34.0 Å². The molecule has 0 saturated carbocycles. The number of carbonyl (C=O) groups is 1. The van der Waals surface area contributed by atoms with E-state index in [1.807, 2.05) is 62.4 Å². The molecule has 8 nitrogen and oxygen atoms in total. The van der Waals surface area contributed by atoms with Gasteiger partial charge in [0, 0.05) is 11.8 Å². The third kappa shape index (κ3) is 5.94. The summed E-state index contributed by atoms with van der Waals surface area (Å²) in [5.74, 6) is 1.49. The summed E-state index contributed by atoms with van der Waals surface area (Å²) >= 11 is 1.27. The van der Waals surface area contributed by atoms with Crippen LogP contribution in [-0.4, -0.2) is 42.0 Å². The van der Waals surface area contributed by atoms with E-state index in [0.717, 1.165) is 22.6 Å². The highest BCUT2D eigenvalue weighted by atomic mass is 32.2. The monoisotopic (exact) mass is 533 g/mol. The zero-order valence-corrected chi connectivity index (χ0v) is 22.9. The number of ether oxygens (including phenoxy) is 3. The molecular weight excluding hydrogens is 502 g/mol. The molecule has 0 bridgehead atoms. The van der Waals surface area contributed by atoms with Gasteiger partial charge in [0.2, 0.25) is 5.91 Å². The van der Waals surface area contributed by atoms with Crippen LogP contribution in [0.25, 0.3) is 10.9 Å². The maximum absolute atomic E-state index is 13.8. The smallest absolute Gasteiger partial charge is 0.262 e. The van der Waals surface area contributed by atoms with Crippen molar-refractivity contribution in [1.29, 1.82) is 0 Å². The summed E-state index contributed by atoms with van der Waals surface area (Å²) < 4.78 is 17.7. The number of aryl methyl sites for hydroxylation is 1. The number of hydrogen-bond donors (Lipinski definition) is 1. The number of fused-ring (bicyclic) bond motifs is 1. The van der Waals surface area contributed by atoms with Gasteiger partial charge in [-0.15, -0.1) is 0 Å². The van der Waals surface area contributed by atoms with E-state index in [1.54, 1.807) is 23.8 Å². The topological polar surface area (TPSA) is 91.7 Å². The van der Waals surface area contributed by atoms with Crippen molar-refractivity contribution >= 4 is 34.3 Å². The van der Waals surface area contributed by atoms with Crippen LogP contribution in [0.15, 0.2) is 70.6 Å². The molecular formula is C29H31N3O5S. The minimum atomic E-state index is -0.470. The Balaban J connectivity index is 1.76. The second-order valence-electron chi connectivity index (χ2n) is 8.73. The summed E-state index contributed by atoms with van der Waals surface area (Å²) in [5, 5.41) is 3.35. The number of anilines is 1. The second-order valence-corrected chi connectivity index (χ2v) is 9.90. The Labute approximate surface area is 225 Å². The van der Waals surface area contributed by atoms with Crippen molar-refractivity contribution in [2.75, 3.05) is 26.6 Å². The summed E-state index contributed by atoms with van der Waals surface area (Å²) in [7, 11) is 4.66. The number of thioether (sulfide) groups is 1. The predicted molar refractivity (Wildman–Crippen MR) is 151 cm³/mol. The van der Waals surface area contributed by atoms with Gasteiger partial charge in [0.05, 0.1) is 44.0 Å². The molecule has 1 amide bonds. The largest absolute Gasteiger partial charge is 0.497 e. The van der Waals surface area contributed by atoms with E-state index in [4.69, 9.17) is 19.2 Å². The van der Waals surface area contributed by atoms with Crippen molar-refractivity contribution in [1.82, 2.24) is 9.55 Å². The van der Waals surface area contributed by atoms with Crippen molar-refractivity contribution in [2.24, 2.45) is 0 Å². The Morgan fingerprint density at radius 2 is 1.63 bits per heavy atom. The minimum absolute atomic E-state index is 0.154. The van der Waals surface area contributed by atoms with Crippen LogP contribution in [-0.2, 0) is 11.3 Å². The first-order valence-corrected chi connectivity index (χ1v) is 13.1. The lowest BCUT2D eigenvalue weighted by molar-refractivity contribution is -0.115. The maximum atomic E-state index is 13.8. The zero-order valence-electron chi connectivity index (χ0n) is 22.1. The van der Waals surface area contributed by atoms with Gasteiger partial charge in [0.1, 0.15) is 5.75 Å². The standard InChI is InChI=1S/C29H31N3O5S/c1-6-26(27(33)30-20-11-7-18(2)8-12-20)38-29-31-23-16-25(37-5)24(36-4)15-22(23)28(34)32(29)17-19-9-13-21(35-3)14-10-19/h7-16,26H,6,17H2,1-5H3,(H,30,33)/t26-/m1/s1. The van der Waals surface area contributed by atoms with Crippen LogP contribution in [0.5, 0.6) is 17.2 Å². The molecule has 0 saturated heterocycles. The van der Waals surface area contributed by atoms with Crippen LogP contribution < -0.4 is 25.1 Å². The van der Waals surface area contributed by atoms with Crippen LogP contribution in [0.2, 0.25) is 0 Å². The third-order valence-electron chi connectivity index (χ3n) is 6.15. The van der Waals surface area contributed by atoms with Gasteiger partial charge in [-0.3, -0.25) is 14.2 Å². The molecule has 4 aromatic rings. The Kier molecular flexibility index (Phi) is 8.58. The second kappa shape index (κ2) is 12.0. The van der Waals surface area contributed by atoms with Gasteiger partial charge >= 0.3 is 0 Å². The van der Waals surface area contributed by atoms with E-state index in [-0.39, 0.29) is 18.0 Å². The number of methoxy groups -OCH3 is 3. The van der Waals surface area contributed by atoms with Crippen LogP contribution in [0.4, 0.5) is 5.69 Å². The van der Waals surface area contributed by atoms with Gasteiger partial charge in [-0.1, -0.05) is 48.5 Å². The van der Waals surface area contributed by atoms with Gasteiger partial charge in [0.15, 0.2) is 16.7 Å². The normalized spacial score (nSPS) is 11.7. The lowest BCUT2D eigenvalue weighted by Gasteiger charge is -2.19. The number of carbonyl (C=O) groups excluding carboxylic acids is 1. The quantitative estimate of drug-likeness (QED) is 0.219. The summed E-state index contributed by atoms with van der Waals surface area (Å²) in [5.41, 5.74) is 2.96. The fraction of sp³-hybridized carbons (Fsp3) is 0.276. The number of amides is 1. The van der Waals surface area contributed by atoms with Gasteiger partial charge in [0.25, 0.3) is 5.56 Å². The molecule has 1 heterocycles. The van der Waals surface area contributed by atoms with E-state index in [2.05, 4.69) is 5.32 Å². The highest BCUT2D eigenvalue weighted by Crippen LogP contribution is 2.32. The molecule has 38 heavy (non-hydrogen) atoms. The molecule has 0 aliphatic carbocycles. The first-order valence-electron chi connectivity index (χ1n) is 12.2. The average Bonchev–Trinajstić information content (AvgIpc) is 2.94. The number of hydrogen-bond acceptors (Lipinski definition) is 7. The zero-order chi connectivity index (χ0) is 27.2. The van der Waals surface area contributed by atoms with E-state index < -0.39 is 5.25 Å². The van der Waals surface area contributed by atoms with Crippen molar-refractivity contribution in [3.8, 4) is 17.2 Å². The summed E-state index contributed by atoms with van der Waals surface area (Å²) in [4.78, 5) is 31.8. The highest BCUT2D eigenvalue weighted by molar-refractivity contribution is 8.00. The van der Waals surface area contributed by atoms with Gasteiger partial charge < -0.3 is 19.5 Å². The van der Waals surface area contributed by atoms with Crippen molar-refractivity contribution in [2.45, 2.75) is 37.2 Å². The van der Waals surface area contributed by atoms with Crippen LogP contribution in [0.1, 0.15) is 24.5 Å². The minimum Gasteiger partial charge on any atom is -0.497 e. The lowest BCUT2D eigenvalue weighted by atomic mass is 10.2. The fourth-order valence-corrected chi connectivity index (χ4v) is 4.99. The molecule has 1 N–H and O–H groups in total. The summed E-state index contributed by atoms with van der Waals surface area (Å²) in [6, 6.07) is 18.5. The summed E-state index contributed by atoms with van der Waals surface area (Å²) in [6.45, 7) is 4.21. The lowest BCUT2D eigenvalue weighted by Crippen LogP contribution is -2.28. The molecule has 3 aromatic carbocycles. The van der Waals surface area contributed by atoms with Crippen molar-refractivity contribution < 1.29 is 19.0 Å². The Bertz CT molecular complexity index is 1480. The number of rotatable bonds is 10. The van der Waals surface area contributed by atoms with Gasteiger partial charge in [-0.2, -0.15) is 0 Å². The van der Waals surface area contributed by atoms with E-state index >= 15 is 0 Å². The van der Waals surface area contributed by atoms with Crippen LogP contribution >= 0.6 is 11.8 Å². The molecule has 0 radical (unpaired) electrons. The first-order chi connectivity index (χ1) is 18.4. The molecule has 0 fully saturated rings. The number of nitrogens with one attached hydrogen (secondary N) is 1. The Morgan fingerprint density at radius 1 is 0.974 bits per heavy atom. The molecule has 0 unspecified atom stereocenters. The Hall–Kier alpha value is -3.98. The molecule has 1 aromatic heterocycles. The Morgan fingerprint density at radius 3 is 2.24 bits per heavy atom. The number of benzene rings is 3. The third-order valence-corrected chi connectivity index (χ3v) is 7.51. The molecule has 0 spiro atoms. The molecule has 1 atom stereocenters. The fourth-order valence-electron chi connectivity index (χ4n) is 3.98. The van der Waals surface area contributed by atoms with E-state index in [1.165, 1.54) is 26.0 Å². The van der Waals surface area contributed by atoms with Crippen molar-refractivity contribution in [3.05, 3.63) is 82.1 Å². The average molecular weight is 534 g/mol. The van der Waals surface area contributed by atoms with Crippen LogP contribution in [0, 0.1) is 6.92 Å². The number of aromatic nitrogens is 2.